The number of aryl methyl sites for hydroxylation is 1. The quantitative estimate of drug-likeness (QED) is 0.267. The van der Waals surface area contributed by atoms with Gasteiger partial charge in [-0.2, -0.15) is 23.1 Å². The predicted octanol–water partition coefficient (Wildman–Crippen LogP) is 6.51. The topological polar surface area (TPSA) is 64.3 Å². The average molecular weight is 576 g/mol. The summed E-state index contributed by atoms with van der Waals surface area (Å²) in [5, 5.41) is 16.7. The smallest absolute Gasteiger partial charge is 0.286 e. The lowest BCUT2D eigenvalue weighted by atomic mass is 10.1. The third-order valence-corrected chi connectivity index (χ3v) is 10.2. The summed E-state index contributed by atoms with van der Waals surface area (Å²) in [5.74, 6) is 2.28. The zero-order chi connectivity index (χ0) is 26.8. The van der Waals surface area contributed by atoms with Gasteiger partial charge in [0.05, 0.1) is 23.5 Å². The fraction of sp³-hybridized carbons (Fsp3) is 0.367. The van der Waals surface area contributed by atoms with Gasteiger partial charge in [0.1, 0.15) is 5.01 Å². The first kappa shape index (κ1) is 26.5. The Morgan fingerprint density at radius 3 is 2.74 bits per heavy atom. The summed E-state index contributed by atoms with van der Waals surface area (Å²) in [5.41, 5.74) is 8.43. The van der Waals surface area contributed by atoms with Gasteiger partial charge >= 0.3 is 0 Å². The minimum atomic E-state index is -0.228. The van der Waals surface area contributed by atoms with Crippen LogP contribution in [0.15, 0.2) is 63.6 Å². The van der Waals surface area contributed by atoms with Gasteiger partial charge in [-0.15, -0.1) is 11.3 Å². The molecule has 0 spiro atoms. The molecule has 3 aliphatic rings. The number of hydrogen-bond acceptors (Lipinski definition) is 8. The van der Waals surface area contributed by atoms with Gasteiger partial charge in [0.2, 0.25) is 0 Å². The number of aromatic nitrogens is 1. The third-order valence-electron chi connectivity index (χ3n) is 7.17. The van der Waals surface area contributed by atoms with E-state index in [1.54, 1.807) is 22.7 Å². The van der Waals surface area contributed by atoms with Crippen molar-refractivity contribution in [2.75, 3.05) is 30.7 Å². The number of thiophene rings is 1. The molecule has 1 saturated carbocycles. The number of thiazole rings is 1. The Morgan fingerprint density at radius 1 is 1.21 bits per heavy atom. The summed E-state index contributed by atoms with van der Waals surface area (Å²) in [4.78, 5) is 11.1. The molecule has 39 heavy (non-hydrogen) atoms. The Hall–Kier alpha value is -2.72. The lowest BCUT2D eigenvalue weighted by molar-refractivity contribution is -0.478. The molecule has 2 unspecified atom stereocenters. The molecule has 4 heterocycles. The van der Waals surface area contributed by atoms with Crippen LogP contribution in [-0.2, 0) is 0 Å². The number of nitrogens with zero attached hydrogens (tertiary/aromatic N) is 3. The minimum absolute atomic E-state index is 0.228. The maximum absolute atomic E-state index is 5.00. The summed E-state index contributed by atoms with van der Waals surface area (Å²) in [6.07, 6.45) is 6.34. The van der Waals surface area contributed by atoms with E-state index in [1.807, 2.05) is 18.0 Å². The van der Waals surface area contributed by atoms with Crippen molar-refractivity contribution in [1.82, 2.24) is 15.6 Å². The van der Waals surface area contributed by atoms with Crippen LogP contribution >= 0.6 is 34.4 Å². The molecule has 1 aromatic carbocycles. The molecule has 2 aromatic heterocycles. The molecule has 1 aliphatic carbocycles. The van der Waals surface area contributed by atoms with Crippen LogP contribution in [0.5, 0.6) is 0 Å². The number of benzene rings is 1. The first-order valence-electron chi connectivity index (χ1n) is 13.6. The molecule has 3 aromatic rings. The highest BCUT2D eigenvalue weighted by Crippen LogP contribution is 2.33. The molecule has 6 nitrogen and oxygen atoms in total. The largest absolute Gasteiger partial charge is 0.328 e. The summed E-state index contributed by atoms with van der Waals surface area (Å²) >= 11 is 5.51. The minimum Gasteiger partial charge on any atom is -0.328 e. The highest BCUT2D eigenvalue weighted by atomic mass is 32.2. The van der Waals surface area contributed by atoms with E-state index in [4.69, 9.17) is 9.98 Å². The molecule has 1 saturated heterocycles. The molecule has 0 radical (unpaired) electrons. The molecule has 2 aliphatic heterocycles. The SMILES string of the molecule is CC[N+](C1=C(/C=C(\C)c2nc(-c3ccsc3)sc2C)C=NC(Nc2ccc(C3CNCCS3)cc2)N1)=C1CC1. The van der Waals surface area contributed by atoms with Crippen LogP contribution in [0.4, 0.5) is 5.69 Å². The van der Waals surface area contributed by atoms with E-state index in [9.17, 15) is 0 Å². The van der Waals surface area contributed by atoms with Crippen LogP contribution in [0.1, 0.15) is 48.1 Å². The van der Waals surface area contributed by atoms with Crippen molar-refractivity contribution in [3.05, 3.63) is 74.7 Å². The van der Waals surface area contributed by atoms with Crippen molar-refractivity contribution in [3.8, 4) is 10.6 Å². The van der Waals surface area contributed by atoms with Crippen molar-refractivity contribution < 1.29 is 4.58 Å². The van der Waals surface area contributed by atoms with E-state index in [0.29, 0.717) is 5.25 Å². The van der Waals surface area contributed by atoms with Crippen molar-refractivity contribution in [3.63, 3.8) is 0 Å². The van der Waals surface area contributed by atoms with E-state index in [2.05, 4.69) is 88.5 Å². The maximum atomic E-state index is 5.00. The fourth-order valence-electron chi connectivity index (χ4n) is 5.05. The number of thioether (sulfide) groups is 1. The first-order valence-corrected chi connectivity index (χ1v) is 16.4. The zero-order valence-corrected chi connectivity index (χ0v) is 25.1. The Labute approximate surface area is 243 Å². The second-order valence-electron chi connectivity index (χ2n) is 10.0. The number of nitrogens with one attached hydrogen (secondary N) is 3. The maximum Gasteiger partial charge on any atom is 0.286 e. The molecule has 9 heteroatoms. The van der Waals surface area contributed by atoms with Crippen LogP contribution < -0.4 is 16.0 Å². The Kier molecular flexibility index (Phi) is 8.02. The van der Waals surface area contributed by atoms with Gasteiger partial charge in [-0.3, -0.25) is 0 Å². The normalized spacial score (nSPS) is 21.2. The van der Waals surface area contributed by atoms with Crippen LogP contribution in [-0.4, -0.2) is 53.2 Å². The van der Waals surface area contributed by atoms with Gasteiger partial charge in [-0.25, -0.2) is 19.9 Å². The van der Waals surface area contributed by atoms with Crippen molar-refractivity contribution in [1.29, 1.82) is 0 Å². The monoisotopic (exact) mass is 575 g/mol. The van der Waals surface area contributed by atoms with Crippen molar-refractivity contribution in [2.24, 2.45) is 4.99 Å². The Bertz CT molecular complexity index is 1430. The van der Waals surface area contributed by atoms with Gasteiger partial charge < -0.3 is 10.6 Å². The molecule has 2 fully saturated rings. The van der Waals surface area contributed by atoms with Crippen LogP contribution in [0.3, 0.4) is 0 Å². The number of rotatable bonds is 8. The van der Waals surface area contributed by atoms with Gasteiger partial charge in [0.25, 0.3) is 12.1 Å². The molecule has 0 bridgehead atoms. The molecule has 6 rings (SSSR count). The second kappa shape index (κ2) is 11.8. The zero-order valence-electron chi connectivity index (χ0n) is 22.7. The molecule has 0 amide bonds. The van der Waals surface area contributed by atoms with Crippen LogP contribution in [0.2, 0.25) is 0 Å². The van der Waals surface area contributed by atoms with Gasteiger partial charge in [-0.05, 0) is 61.6 Å². The van der Waals surface area contributed by atoms with E-state index in [-0.39, 0.29) is 6.29 Å². The number of anilines is 1. The molecular formula is C30H35N6S3+. The second-order valence-corrected chi connectivity index (χ2v) is 13.3. The lowest BCUT2D eigenvalue weighted by Gasteiger charge is -2.23. The number of hydrogen-bond donors (Lipinski definition) is 3. The standard InChI is InChI=1S/C30H35N6S3/c1-4-36(25-9-10-25)28-23(15-19(2)27-20(3)39-29(34-27)22-11-13-37-18-22)16-32-30(35-28)33-24-7-5-21(6-8-24)26-17-31-12-14-38-26/h5-8,11,13,15-16,18,26,30-31,33,35H,4,9-10,12,14,17H2,1-3H3/q+1/b19-15+. The van der Waals surface area contributed by atoms with E-state index in [1.165, 1.54) is 27.5 Å². The highest BCUT2D eigenvalue weighted by Gasteiger charge is 2.31. The molecule has 3 N–H and O–H groups in total. The summed E-state index contributed by atoms with van der Waals surface area (Å²) < 4.78 is 2.42. The molecular weight excluding hydrogens is 541 g/mol. The highest BCUT2D eigenvalue weighted by molar-refractivity contribution is 7.99. The average Bonchev–Trinajstić information content (AvgIpc) is 3.48. The molecule has 2 atom stereocenters. The summed E-state index contributed by atoms with van der Waals surface area (Å²) in [6.45, 7) is 9.61. The van der Waals surface area contributed by atoms with E-state index < -0.39 is 0 Å². The fourth-order valence-corrected chi connectivity index (χ4v) is 7.87. The van der Waals surface area contributed by atoms with Gasteiger partial charge in [-0.1, -0.05) is 12.1 Å². The van der Waals surface area contributed by atoms with Gasteiger partial charge in [0.15, 0.2) is 0 Å². The Balaban J connectivity index is 1.23. The summed E-state index contributed by atoms with van der Waals surface area (Å²) in [6, 6.07) is 11.0. The number of aliphatic imine (C=N–C) groups is 1. The summed E-state index contributed by atoms with van der Waals surface area (Å²) in [7, 11) is 0. The van der Waals surface area contributed by atoms with Crippen LogP contribution in [0.25, 0.3) is 16.1 Å². The first-order chi connectivity index (χ1) is 19.1. The van der Waals surface area contributed by atoms with Crippen molar-refractivity contribution >= 4 is 57.6 Å². The third kappa shape index (κ3) is 6.06. The predicted molar refractivity (Wildman–Crippen MR) is 169 cm³/mol. The van der Waals surface area contributed by atoms with E-state index >= 15 is 0 Å². The lowest BCUT2D eigenvalue weighted by Crippen LogP contribution is -2.41. The van der Waals surface area contributed by atoms with Crippen molar-refractivity contribution in [2.45, 2.75) is 45.2 Å². The Morgan fingerprint density at radius 2 is 2.05 bits per heavy atom. The van der Waals surface area contributed by atoms with Gasteiger partial charge in [0, 0.05) is 64.7 Å². The number of allylic oxidation sites excluding steroid dienone is 3. The molecule has 202 valence electrons. The van der Waals surface area contributed by atoms with Crippen LogP contribution in [0, 0.1) is 6.92 Å². The van der Waals surface area contributed by atoms with E-state index in [0.717, 1.165) is 65.8 Å².